The van der Waals surface area contributed by atoms with E-state index >= 15 is 0 Å². The lowest BCUT2D eigenvalue weighted by molar-refractivity contribution is 0.210. The second-order valence-corrected chi connectivity index (χ2v) is 3.95. The van der Waals surface area contributed by atoms with Gasteiger partial charge in [-0.3, -0.25) is 0 Å². The van der Waals surface area contributed by atoms with E-state index in [2.05, 4.69) is 0 Å². The monoisotopic (exact) mass is 219 g/mol. The van der Waals surface area contributed by atoms with Crippen molar-refractivity contribution in [1.29, 1.82) is 0 Å². The van der Waals surface area contributed by atoms with Crippen molar-refractivity contribution in [2.45, 2.75) is 13.0 Å². The Hall–Kier alpha value is -1.61. The lowest BCUT2D eigenvalue weighted by Gasteiger charge is -2.14. The van der Waals surface area contributed by atoms with Crippen molar-refractivity contribution < 1.29 is 9.50 Å². The molecule has 2 rings (SSSR count). The molecule has 0 aliphatic carbocycles. The number of hydrogen-bond acceptors (Lipinski definition) is 1. The molecule has 0 fully saturated rings. The second kappa shape index (κ2) is 4.10. The molecule has 1 heterocycles. The minimum atomic E-state index is -0.708. The summed E-state index contributed by atoms with van der Waals surface area (Å²) in [5, 5.41) is 10.2. The third kappa shape index (κ3) is 1.86. The van der Waals surface area contributed by atoms with Crippen molar-refractivity contribution in [3.63, 3.8) is 0 Å². The summed E-state index contributed by atoms with van der Waals surface area (Å²) in [5.74, 6) is -0.277. The summed E-state index contributed by atoms with van der Waals surface area (Å²) in [6.45, 7) is 1.80. The van der Waals surface area contributed by atoms with E-state index in [1.165, 1.54) is 12.1 Å². The number of aryl methyl sites for hydroxylation is 2. The van der Waals surface area contributed by atoms with Gasteiger partial charge in [0.2, 0.25) is 0 Å². The molecule has 1 aromatic carbocycles. The Morgan fingerprint density at radius 2 is 2.06 bits per heavy atom. The quantitative estimate of drug-likeness (QED) is 0.825. The van der Waals surface area contributed by atoms with E-state index in [0.717, 1.165) is 16.8 Å². The fourth-order valence-corrected chi connectivity index (χ4v) is 1.86. The number of nitrogens with zero attached hydrogens (tertiary/aromatic N) is 1. The van der Waals surface area contributed by atoms with Gasteiger partial charge in [-0.05, 0) is 42.3 Å². The standard InChI is InChI=1S/C13H14FNO/c1-9-8-10(14)5-6-11(9)13(16)12-4-3-7-15(12)2/h3-8,13,16H,1-2H3/t13-/m0/s1. The van der Waals surface area contributed by atoms with Gasteiger partial charge in [-0.1, -0.05) is 6.07 Å². The first-order chi connectivity index (χ1) is 7.59. The predicted molar refractivity (Wildman–Crippen MR) is 60.6 cm³/mol. The number of halogens is 1. The molecule has 0 aliphatic rings. The Labute approximate surface area is 94.0 Å². The molecule has 3 heteroatoms. The lowest BCUT2D eigenvalue weighted by atomic mass is 10.0. The van der Waals surface area contributed by atoms with Gasteiger partial charge in [0, 0.05) is 13.2 Å². The zero-order chi connectivity index (χ0) is 11.7. The molecule has 0 saturated heterocycles. The summed E-state index contributed by atoms with van der Waals surface area (Å²) >= 11 is 0. The Balaban J connectivity index is 2.41. The van der Waals surface area contributed by atoms with E-state index in [0.29, 0.717) is 0 Å². The van der Waals surface area contributed by atoms with Gasteiger partial charge in [0.25, 0.3) is 0 Å². The molecule has 0 unspecified atom stereocenters. The molecule has 0 spiro atoms. The van der Waals surface area contributed by atoms with Gasteiger partial charge in [-0.25, -0.2) is 4.39 Å². The molecule has 1 N–H and O–H groups in total. The van der Waals surface area contributed by atoms with Crippen molar-refractivity contribution in [3.8, 4) is 0 Å². The van der Waals surface area contributed by atoms with E-state index in [9.17, 15) is 9.50 Å². The molecule has 1 aromatic heterocycles. The van der Waals surface area contributed by atoms with Gasteiger partial charge >= 0.3 is 0 Å². The molecular weight excluding hydrogens is 205 g/mol. The fourth-order valence-electron chi connectivity index (χ4n) is 1.86. The van der Waals surface area contributed by atoms with Crippen LogP contribution in [0.4, 0.5) is 4.39 Å². The third-order valence-electron chi connectivity index (χ3n) is 2.79. The predicted octanol–water partition coefficient (Wildman–Crippen LogP) is 2.55. The smallest absolute Gasteiger partial charge is 0.123 e. The second-order valence-electron chi connectivity index (χ2n) is 3.95. The number of aromatic nitrogens is 1. The highest BCUT2D eigenvalue weighted by molar-refractivity contribution is 5.33. The molecule has 0 amide bonds. The molecule has 2 nitrogen and oxygen atoms in total. The number of aliphatic hydroxyl groups excluding tert-OH is 1. The summed E-state index contributed by atoms with van der Waals surface area (Å²) in [6, 6.07) is 8.16. The molecule has 1 atom stereocenters. The van der Waals surface area contributed by atoms with E-state index in [4.69, 9.17) is 0 Å². The SMILES string of the molecule is Cc1cc(F)ccc1[C@H](O)c1cccn1C. The number of benzene rings is 1. The van der Waals surface area contributed by atoms with Gasteiger partial charge in [0.1, 0.15) is 11.9 Å². The first-order valence-corrected chi connectivity index (χ1v) is 5.15. The van der Waals surface area contributed by atoms with E-state index in [-0.39, 0.29) is 5.82 Å². The number of aliphatic hydroxyl groups is 1. The summed E-state index contributed by atoms with van der Waals surface area (Å²) in [7, 11) is 1.87. The van der Waals surface area contributed by atoms with Crippen LogP contribution in [0.15, 0.2) is 36.5 Å². The zero-order valence-corrected chi connectivity index (χ0v) is 9.31. The van der Waals surface area contributed by atoms with E-state index in [1.54, 1.807) is 13.0 Å². The summed E-state index contributed by atoms with van der Waals surface area (Å²) in [4.78, 5) is 0. The Bertz CT molecular complexity index is 504. The van der Waals surface area contributed by atoms with Gasteiger partial charge in [0.05, 0.1) is 5.69 Å². The van der Waals surface area contributed by atoms with Crippen LogP contribution in [0, 0.1) is 12.7 Å². The maximum absolute atomic E-state index is 12.9. The van der Waals surface area contributed by atoms with Crippen LogP contribution in [0.1, 0.15) is 22.9 Å². The van der Waals surface area contributed by atoms with Gasteiger partial charge in [-0.15, -0.1) is 0 Å². The number of hydrogen-bond donors (Lipinski definition) is 1. The highest BCUT2D eigenvalue weighted by atomic mass is 19.1. The van der Waals surface area contributed by atoms with Crippen LogP contribution in [0.3, 0.4) is 0 Å². The minimum Gasteiger partial charge on any atom is -0.382 e. The third-order valence-corrected chi connectivity index (χ3v) is 2.79. The summed E-state index contributed by atoms with van der Waals surface area (Å²) in [5.41, 5.74) is 2.30. The Kier molecular flexibility index (Phi) is 2.79. The average Bonchev–Trinajstić information content (AvgIpc) is 2.63. The first-order valence-electron chi connectivity index (χ1n) is 5.15. The van der Waals surface area contributed by atoms with Crippen molar-refractivity contribution >= 4 is 0 Å². The number of rotatable bonds is 2. The van der Waals surface area contributed by atoms with Crippen LogP contribution in [0.2, 0.25) is 0 Å². The summed E-state index contributed by atoms with van der Waals surface area (Å²) < 4.78 is 14.8. The van der Waals surface area contributed by atoms with Gasteiger partial charge in [0.15, 0.2) is 0 Å². The average molecular weight is 219 g/mol. The zero-order valence-electron chi connectivity index (χ0n) is 9.31. The van der Waals surface area contributed by atoms with Crippen molar-refractivity contribution in [2.75, 3.05) is 0 Å². The van der Waals surface area contributed by atoms with Crippen molar-refractivity contribution in [3.05, 3.63) is 59.2 Å². The molecule has 2 aromatic rings. The highest BCUT2D eigenvalue weighted by Gasteiger charge is 2.15. The molecule has 16 heavy (non-hydrogen) atoms. The minimum absolute atomic E-state index is 0.277. The van der Waals surface area contributed by atoms with Gasteiger partial charge < -0.3 is 9.67 Å². The molecular formula is C13H14FNO. The Morgan fingerprint density at radius 3 is 2.62 bits per heavy atom. The first kappa shape index (κ1) is 10.9. The normalized spacial score (nSPS) is 12.8. The van der Waals surface area contributed by atoms with Gasteiger partial charge in [-0.2, -0.15) is 0 Å². The molecule has 0 bridgehead atoms. The largest absolute Gasteiger partial charge is 0.382 e. The lowest BCUT2D eigenvalue weighted by Crippen LogP contribution is -2.06. The highest BCUT2D eigenvalue weighted by Crippen LogP contribution is 2.25. The topological polar surface area (TPSA) is 25.2 Å². The molecule has 0 aliphatic heterocycles. The van der Waals surface area contributed by atoms with Crippen molar-refractivity contribution in [1.82, 2.24) is 4.57 Å². The molecule has 84 valence electrons. The van der Waals surface area contributed by atoms with E-state index in [1.807, 2.05) is 29.9 Å². The van der Waals surface area contributed by atoms with Crippen LogP contribution < -0.4 is 0 Å². The summed E-state index contributed by atoms with van der Waals surface area (Å²) in [6.07, 6.45) is 1.16. The van der Waals surface area contributed by atoms with E-state index < -0.39 is 6.10 Å². The van der Waals surface area contributed by atoms with Crippen LogP contribution in [-0.2, 0) is 7.05 Å². The molecule has 0 radical (unpaired) electrons. The van der Waals surface area contributed by atoms with Crippen LogP contribution in [-0.4, -0.2) is 9.67 Å². The van der Waals surface area contributed by atoms with Crippen molar-refractivity contribution in [2.24, 2.45) is 7.05 Å². The maximum atomic E-state index is 12.9. The van der Waals surface area contributed by atoms with Crippen LogP contribution >= 0.6 is 0 Å². The molecule has 0 saturated carbocycles. The Morgan fingerprint density at radius 1 is 1.31 bits per heavy atom. The van der Waals surface area contributed by atoms with Crippen LogP contribution in [0.5, 0.6) is 0 Å². The maximum Gasteiger partial charge on any atom is 0.123 e. The fraction of sp³-hybridized carbons (Fsp3) is 0.231. The van der Waals surface area contributed by atoms with Crippen LogP contribution in [0.25, 0.3) is 0 Å².